The summed E-state index contributed by atoms with van der Waals surface area (Å²) in [7, 11) is 1.81. The number of aryl methyl sites for hydroxylation is 1. The van der Waals surface area contributed by atoms with Crippen LogP contribution in [0.4, 0.5) is 0 Å². The van der Waals surface area contributed by atoms with Crippen molar-refractivity contribution >= 4 is 27.5 Å². The number of thiazole rings is 1. The van der Waals surface area contributed by atoms with Gasteiger partial charge in [0, 0.05) is 25.9 Å². The Morgan fingerprint density at radius 3 is 2.88 bits per heavy atom. The van der Waals surface area contributed by atoms with Crippen LogP contribution in [0, 0.1) is 0 Å². The van der Waals surface area contributed by atoms with E-state index in [1.165, 1.54) is 4.70 Å². The monoisotopic (exact) mass is 343 g/mol. The van der Waals surface area contributed by atoms with Crippen LogP contribution in [0.25, 0.3) is 10.2 Å². The Balaban J connectivity index is 1.58. The highest BCUT2D eigenvalue weighted by Crippen LogP contribution is 2.22. The average Bonchev–Trinajstić information content (AvgIpc) is 3.18. The van der Waals surface area contributed by atoms with Crippen LogP contribution in [0.15, 0.2) is 30.6 Å². The first-order valence-corrected chi connectivity index (χ1v) is 8.83. The van der Waals surface area contributed by atoms with Crippen LogP contribution in [0.1, 0.15) is 37.1 Å². The van der Waals surface area contributed by atoms with Gasteiger partial charge in [0.1, 0.15) is 6.33 Å². The number of fused-ring (bicyclic) bond motifs is 1. The van der Waals surface area contributed by atoms with Crippen molar-refractivity contribution in [1.82, 2.24) is 24.6 Å². The molecular weight excluding hydrogens is 322 g/mol. The van der Waals surface area contributed by atoms with Crippen LogP contribution in [0.5, 0.6) is 0 Å². The minimum Gasteiger partial charge on any atom is -0.338 e. The van der Waals surface area contributed by atoms with E-state index in [4.69, 9.17) is 0 Å². The third-order valence-electron chi connectivity index (χ3n) is 3.90. The Morgan fingerprint density at radius 2 is 2.12 bits per heavy atom. The van der Waals surface area contributed by atoms with Gasteiger partial charge in [0.15, 0.2) is 5.82 Å². The van der Waals surface area contributed by atoms with Crippen molar-refractivity contribution in [3.05, 3.63) is 41.4 Å². The van der Waals surface area contributed by atoms with Gasteiger partial charge in [-0.25, -0.2) is 4.98 Å². The zero-order chi connectivity index (χ0) is 17.1. The van der Waals surface area contributed by atoms with E-state index in [-0.39, 0.29) is 11.9 Å². The molecule has 0 unspecified atom stereocenters. The maximum absolute atomic E-state index is 12.4. The zero-order valence-electron chi connectivity index (χ0n) is 14.1. The van der Waals surface area contributed by atoms with Gasteiger partial charge < -0.3 is 9.47 Å². The third kappa shape index (κ3) is 3.62. The van der Waals surface area contributed by atoms with Crippen LogP contribution >= 0.6 is 11.3 Å². The first-order valence-electron chi connectivity index (χ1n) is 8.01. The van der Waals surface area contributed by atoms with Crippen LogP contribution in [-0.2, 0) is 17.8 Å². The lowest BCUT2D eigenvalue weighted by Crippen LogP contribution is -2.28. The fourth-order valence-electron chi connectivity index (χ4n) is 2.54. The number of hydrogen-bond acceptors (Lipinski definition) is 5. The van der Waals surface area contributed by atoms with Gasteiger partial charge in [-0.05, 0) is 26.0 Å². The van der Waals surface area contributed by atoms with Gasteiger partial charge in [0.2, 0.25) is 5.91 Å². The molecule has 0 N–H and O–H groups in total. The van der Waals surface area contributed by atoms with E-state index in [1.54, 1.807) is 29.6 Å². The third-order valence-corrected chi connectivity index (χ3v) is 5.00. The van der Waals surface area contributed by atoms with Gasteiger partial charge in [-0.2, -0.15) is 0 Å². The molecule has 7 heteroatoms. The maximum atomic E-state index is 12.4. The summed E-state index contributed by atoms with van der Waals surface area (Å²) in [6, 6.07) is 8.33. The molecule has 0 saturated carbocycles. The number of hydrogen-bond donors (Lipinski definition) is 0. The number of carbonyl (C=O) groups is 1. The van der Waals surface area contributed by atoms with Crippen molar-refractivity contribution in [1.29, 1.82) is 0 Å². The number of nitrogens with zero attached hydrogens (tertiary/aromatic N) is 5. The smallest absolute Gasteiger partial charge is 0.223 e. The molecule has 24 heavy (non-hydrogen) atoms. The molecule has 0 aliphatic rings. The second kappa shape index (κ2) is 7.09. The number of rotatable bonds is 6. The highest BCUT2D eigenvalue weighted by Gasteiger charge is 2.15. The minimum absolute atomic E-state index is 0.0903. The molecular formula is C17H21N5OS. The van der Waals surface area contributed by atoms with Crippen LogP contribution in [0.3, 0.4) is 0 Å². The van der Waals surface area contributed by atoms with Gasteiger partial charge >= 0.3 is 0 Å². The molecule has 1 amide bonds. The lowest BCUT2D eigenvalue weighted by Gasteiger charge is -2.18. The van der Waals surface area contributed by atoms with E-state index >= 15 is 0 Å². The van der Waals surface area contributed by atoms with Gasteiger partial charge in [-0.1, -0.05) is 12.1 Å². The molecule has 0 spiro atoms. The fraction of sp³-hybridized carbons (Fsp3) is 0.412. The number of carbonyl (C=O) groups excluding carboxylic acids is 1. The van der Waals surface area contributed by atoms with E-state index in [9.17, 15) is 4.79 Å². The number of amides is 1. The Kier molecular flexibility index (Phi) is 4.89. The molecule has 0 bridgehead atoms. The maximum Gasteiger partial charge on any atom is 0.223 e. The number of aromatic nitrogens is 4. The molecule has 0 saturated heterocycles. The average molecular weight is 343 g/mol. The quantitative estimate of drug-likeness (QED) is 0.690. The highest BCUT2D eigenvalue weighted by molar-refractivity contribution is 7.18. The summed E-state index contributed by atoms with van der Waals surface area (Å²) in [5.74, 6) is 0.897. The molecule has 2 aromatic heterocycles. The molecule has 0 aliphatic carbocycles. The van der Waals surface area contributed by atoms with Crippen molar-refractivity contribution in [2.45, 2.75) is 39.3 Å². The number of para-hydroxylation sites is 1. The van der Waals surface area contributed by atoms with Crippen molar-refractivity contribution in [2.75, 3.05) is 7.05 Å². The topological polar surface area (TPSA) is 63.9 Å². The normalized spacial score (nSPS) is 11.3. The number of benzene rings is 1. The molecule has 1 aromatic carbocycles. The van der Waals surface area contributed by atoms with E-state index in [1.807, 2.05) is 22.8 Å². The summed E-state index contributed by atoms with van der Waals surface area (Å²) in [4.78, 5) is 18.7. The van der Waals surface area contributed by atoms with E-state index in [0.717, 1.165) is 16.3 Å². The molecule has 126 valence electrons. The van der Waals surface area contributed by atoms with E-state index in [2.05, 4.69) is 35.1 Å². The molecule has 0 aliphatic heterocycles. The predicted octanol–water partition coefficient (Wildman–Crippen LogP) is 3.06. The van der Waals surface area contributed by atoms with Gasteiger partial charge in [0.25, 0.3) is 0 Å². The van der Waals surface area contributed by atoms with Crippen molar-refractivity contribution in [3.63, 3.8) is 0 Å². The summed E-state index contributed by atoms with van der Waals surface area (Å²) in [6.45, 7) is 4.61. The largest absolute Gasteiger partial charge is 0.338 e. The van der Waals surface area contributed by atoms with Crippen molar-refractivity contribution < 1.29 is 4.79 Å². The Labute approximate surface area is 145 Å². The Morgan fingerprint density at radius 1 is 1.33 bits per heavy atom. The van der Waals surface area contributed by atoms with Gasteiger partial charge in [-0.3, -0.25) is 4.79 Å². The van der Waals surface area contributed by atoms with Crippen LogP contribution in [0.2, 0.25) is 0 Å². The second-order valence-corrected chi connectivity index (χ2v) is 7.19. The first-order chi connectivity index (χ1) is 11.5. The Bertz CT molecular complexity index is 805. The summed E-state index contributed by atoms with van der Waals surface area (Å²) >= 11 is 1.65. The van der Waals surface area contributed by atoms with Crippen molar-refractivity contribution in [3.8, 4) is 0 Å². The van der Waals surface area contributed by atoms with Crippen LogP contribution < -0.4 is 0 Å². The summed E-state index contributed by atoms with van der Waals surface area (Å²) < 4.78 is 3.15. The summed E-state index contributed by atoms with van der Waals surface area (Å²) in [6.07, 6.45) is 2.82. The van der Waals surface area contributed by atoms with Crippen LogP contribution in [-0.4, -0.2) is 37.6 Å². The predicted molar refractivity (Wildman–Crippen MR) is 94.8 cm³/mol. The molecule has 2 heterocycles. The zero-order valence-corrected chi connectivity index (χ0v) is 15.0. The first kappa shape index (κ1) is 16.6. The minimum atomic E-state index is 0.0903. The lowest BCUT2D eigenvalue weighted by molar-refractivity contribution is -0.130. The van der Waals surface area contributed by atoms with E-state index in [0.29, 0.717) is 19.4 Å². The summed E-state index contributed by atoms with van der Waals surface area (Å²) in [5, 5.41) is 9.06. The van der Waals surface area contributed by atoms with Gasteiger partial charge in [0.05, 0.1) is 21.8 Å². The fourth-order valence-corrected chi connectivity index (χ4v) is 3.51. The standard InChI is InChI=1S/C17H21N5OS/c1-12(2)22-11-18-20-15(22)10-21(3)17(23)9-8-16-19-13-6-4-5-7-14(13)24-16/h4-7,11-12H,8-10H2,1-3H3. The SMILES string of the molecule is CC(C)n1cnnc1CN(C)C(=O)CCc1nc2ccccc2s1. The molecule has 6 nitrogen and oxygen atoms in total. The molecule has 3 aromatic rings. The molecule has 0 radical (unpaired) electrons. The molecule has 0 fully saturated rings. The van der Waals surface area contributed by atoms with E-state index < -0.39 is 0 Å². The molecule has 3 rings (SSSR count). The summed E-state index contributed by atoms with van der Waals surface area (Å²) in [5.41, 5.74) is 1.00. The van der Waals surface area contributed by atoms with Crippen molar-refractivity contribution in [2.24, 2.45) is 0 Å². The Hall–Kier alpha value is -2.28. The lowest BCUT2D eigenvalue weighted by atomic mass is 10.3. The molecule has 0 atom stereocenters. The highest BCUT2D eigenvalue weighted by atomic mass is 32.1. The second-order valence-electron chi connectivity index (χ2n) is 6.07. The van der Waals surface area contributed by atoms with Gasteiger partial charge in [-0.15, -0.1) is 21.5 Å².